The van der Waals surface area contributed by atoms with Crippen molar-refractivity contribution in [1.82, 2.24) is 5.32 Å². The highest BCUT2D eigenvalue weighted by atomic mass is 32.1. The van der Waals surface area contributed by atoms with Crippen LogP contribution < -0.4 is 5.32 Å². The average molecular weight is 251 g/mol. The van der Waals surface area contributed by atoms with Gasteiger partial charge < -0.3 is 5.32 Å². The first kappa shape index (κ1) is 11.8. The fraction of sp³-hybridized carbons (Fsp3) is 0.385. The predicted molar refractivity (Wildman–Crippen MR) is 73.4 cm³/mol. The molecule has 1 nitrogen and oxygen atoms in total. The van der Waals surface area contributed by atoms with Crippen molar-refractivity contribution in [2.24, 2.45) is 0 Å². The topological polar surface area (TPSA) is 12.0 Å². The van der Waals surface area contributed by atoms with Gasteiger partial charge in [0.2, 0.25) is 0 Å². The van der Waals surface area contributed by atoms with Crippen LogP contribution in [-0.4, -0.2) is 0 Å². The van der Waals surface area contributed by atoms with Crippen molar-refractivity contribution in [2.45, 2.75) is 33.4 Å². The van der Waals surface area contributed by atoms with E-state index in [1.807, 2.05) is 22.7 Å². The Morgan fingerprint density at radius 3 is 2.75 bits per heavy atom. The average Bonchev–Trinajstić information content (AvgIpc) is 2.84. The molecule has 0 amide bonds. The number of hydrogen-bond acceptors (Lipinski definition) is 3. The van der Waals surface area contributed by atoms with Crippen LogP contribution in [-0.2, 0) is 6.54 Å². The number of nitrogens with one attached hydrogen (secondary N) is 1. The fourth-order valence-corrected chi connectivity index (χ4v) is 3.54. The number of hydrogen-bond donors (Lipinski definition) is 1. The van der Waals surface area contributed by atoms with Gasteiger partial charge in [-0.2, -0.15) is 0 Å². The van der Waals surface area contributed by atoms with Crippen molar-refractivity contribution in [3.05, 3.63) is 43.8 Å². The summed E-state index contributed by atoms with van der Waals surface area (Å²) in [6.07, 6.45) is 0. The van der Waals surface area contributed by atoms with Gasteiger partial charge in [-0.1, -0.05) is 6.07 Å². The molecule has 1 N–H and O–H groups in total. The van der Waals surface area contributed by atoms with Gasteiger partial charge in [-0.3, -0.25) is 0 Å². The van der Waals surface area contributed by atoms with Gasteiger partial charge in [0, 0.05) is 27.2 Å². The van der Waals surface area contributed by atoms with Crippen molar-refractivity contribution < 1.29 is 0 Å². The lowest BCUT2D eigenvalue weighted by Crippen LogP contribution is -2.17. The maximum atomic E-state index is 3.57. The maximum absolute atomic E-state index is 3.57. The summed E-state index contributed by atoms with van der Waals surface area (Å²) >= 11 is 3.69. The van der Waals surface area contributed by atoms with Crippen LogP contribution >= 0.6 is 22.7 Å². The fourth-order valence-electron chi connectivity index (χ4n) is 1.86. The summed E-state index contributed by atoms with van der Waals surface area (Å²) in [5.41, 5.74) is 1.44. The monoisotopic (exact) mass is 251 g/mol. The first-order chi connectivity index (χ1) is 7.66. The lowest BCUT2D eigenvalue weighted by atomic mass is 10.1. The van der Waals surface area contributed by atoms with E-state index in [9.17, 15) is 0 Å². The molecule has 0 saturated heterocycles. The molecule has 16 heavy (non-hydrogen) atoms. The van der Waals surface area contributed by atoms with Crippen LogP contribution in [0, 0.1) is 13.8 Å². The SMILES string of the molecule is Cc1cc(C(C)NCc2cccs2)c(C)s1. The van der Waals surface area contributed by atoms with Crippen molar-refractivity contribution in [3.8, 4) is 0 Å². The van der Waals surface area contributed by atoms with Gasteiger partial charge in [-0.05, 0) is 43.8 Å². The maximum Gasteiger partial charge on any atom is 0.0306 e. The molecule has 0 bridgehead atoms. The Morgan fingerprint density at radius 1 is 1.38 bits per heavy atom. The summed E-state index contributed by atoms with van der Waals surface area (Å²) in [6, 6.07) is 7.01. The first-order valence-corrected chi connectivity index (χ1v) is 7.19. The van der Waals surface area contributed by atoms with Crippen LogP contribution in [0.3, 0.4) is 0 Å². The standard InChI is InChI=1S/C13H17NS2/c1-9-7-13(11(3)16-9)10(2)14-8-12-5-4-6-15-12/h4-7,10,14H,8H2,1-3H3. The Hall–Kier alpha value is -0.640. The van der Waals surface area contributed by atoms with E-state index in [2.05, 4.69) is 49.7 Å². The molecule has 2 heterocycles. The molecule has 0 aliphatic heterocycles. The van der Waals surface area contributed by atoms with Crippen LogP contribution in [0.5, 0.6) is 0 Å². The van der Waals surface area contributed by atoms with Gasteiger partial charge in [0.25, 0.3) is 0 Å². The van der Waals surface area contributed by atoms with Crippen molar-refractivity contribution >= 4 is 22.7 Å². The van der Waals surface area contributed by atoms with Gasteiger partial charge >= 0.3 is 0 Å². The quantitative estimate of drug-likeness (QED) is 0.855. The highest BCUT2D eigenvalue weighted by molar-refractivity contribution is 7.12. The molecule has 0 radical (unpaired) electrons. The van der Waals surface area contributed by atoms with E-state index in [4.69, 9.17) is 0 Å². The molecule has 0 aliphatic rings. The van der Waals surface area contributed by atoms with Gasteiger partial charge in [-0.25, -0.2) is 0 Å². The lowest BCUT2D eigenvalue weighted by molar-refractivity contribution is 0.578. The van der Waals surface area contributed by atoms with Gasteiger partial charge in [-0.15, -0.1) is 22.7 Å². The van der Waals surface area contributed by atoms with Gasteiger partial charge in [0.1, 0.15) is 0 Å². The lowest BCUT2D eigenvalue weighted by Gasteiger charge is -2.12. The molecule has 1 atom stereocenters. The number of rotatable bonds is 4. The van der Waals surface area contributed by atoms with Crippen LogP contribution in [0.2, 0.25) is 0 Å². The molecule has 0 aromatic carbocycles. The molecule has 0 aliphatic carbocycles. The van der Waals surface area contributed by atoms with E-state index in [0.717, 1.165) is 6.54 Å². The van der Waals surface area contributed by atoms with E-state index in [1.54, 1.807) is 0 Å². The minimum absolute atomic E-state index is 0.437. The van der Waals surface area contributed by atoms with Crippen molar-refractivity contribution in [1.29, 1.82) is 0 Å². The highest BCUT2D eigenvalue weighted by Crippen LogP contribution is 2.26. The Balaban J connectivity index is 1.98. The third-order valence-electron chi connectivity index (χ3n) is 2.71. The Morgan fingerprint density at radius 2 is 2.19 bits per heavy atom. The minimum Gasteiger partial charge on any atom is -0.305 e. The zero-order chi connectivity index (χ0) is 11.5. The van der Waals surface area contributed by atoms with Crippen molar-refractivity contribution in [2.75, 3.05) is 0 Å². The molecule has 0 spiro atoms. The predicted octanol–water partition coefficient (Wildman–Crippen LogP) is 4.28. The second-order valence-electron chi connectivity index (χ2n) is 4.05. The molecular weight excluding hydrogens is 234 g/mol. The smallest absolute Gasteiger partial charge is 0.0306 e. The molecule has 0 fully saturated rings. The molecule has 2 rings (SSSR count). The van der Waals surface area contributed by atoms with Gasteiger partial charge in [0.05, 0.1) is 0 Å². The molecular formula is C13H17NS2. The molecule has 2 aromatic heterocycles. The summed E-state index contributed by atoms with van der Waals surface area (Å²) in [7, 11) is 0. The zero-order valence-electron chi connectivity index (χ0n) is 9.91. The number of aryl methyl sites for hydroxylation is 2. The Kier molecular flexibility index (Phi) is 3.79. The van der Waals surface area contributed by atoms with Crippen LogP contribution in [0.1, 0.15) is 33.2 Å². The summed E-state index contributed by atoms with van der Waals surface area (Å²) < 4.78 is 0. The first-order valence-electron chi connectivity index (χ1n) is 5.49. The normalized spacial score (nSPS) is 12.9. The zero-order valence-corrected chi connectivity index (χ0v) is 11.5. The van der Waals surface area contributed by atoms with Crippen LogP contribution in [0.15, 0.2) is 23.6 Å². The van der Waals surface area contributed by atoms with E-state index in [-0.39, 0.29) is 0 Å². The highest BCUT2D eigenvalue weighted by Gasteiger charge is 2.10. The minimum atomic E-state index is 0.437. The van der Waals surface area contributed by atoms with Crippen LogP contribution in [0.25, 0.3) is 0 Å². The van der Waals surface area contributed by atoms with E-state index >= 15 is 0 Å². The number of thiophene rings is 2. The second-order valence-corrected chi connectivity index (χ2v) is 6.54. The third kappa shape index (κ3) is 2.73. The third-order valence-corrected chi connectivity index (χ3v) is 4.57. The largest absolute Gasteiger partial charge is 0.305 e. The Labute approximate surface area is 105 Å². The van der Waals surface area contributed by atoms with Gasteiger partial charge in [0.15, 0.2) is 0 Å². The van der Waals surface area contributed by atoms with E-state index in [1.165, 1.54) is 20.2 Å². The van der Waals surface area contributed by atoms with E-state index < -0.39 is 0 Å². The molecule has 3 heteroatoms. The van der Waals surface area contributed by atoms with Crippen LogP contribution in [0.4, 0.5) is 0 Å². The molecule has 0 saturated carbocycles. The van der Waals surface area contributed by atoms with Crippen molar-refractivity contribution in [3.63, 3.8) is 0 Å². The summed E-state index contributed by atoms with van der Waals surface area (Å²) in [6.45, 7) is 7.58. The summed E-state index contributed by atoms with van der Waals surface area (Å²) in [5.74, 6) is 0. The molecule has 86 valence electrons. The molecule has 2 aromatic rings. The summed E-state index contributed by atoms with van der Waals surface area (Å²) in [5, 5.41) is 5.70. The molecule has 1 unspecified atom stereocenters. The summed E-state index contributed by atoms with van der Waals surface area (Å²) in [4.78, 5) is 4.23. The Bertz CT molecular complexity index is 442. The van der Waals surface area contributed by atoms with E-state index in [0.29, 0.717) is 6.04 Å². The second kappa shape index (κ2) is 5.13.